The molecule has 160 valence electrons. The van der Waals surface area contributed by atoms with E-state index in [1.54, 1.807) is 0 Å². The van der Waals surface area contributed by atoms with Crippen LogP contribution in [0.3, 0.4) is 0 Å². The second-order valence-corrected chi connectivity index (χ2v) is 8.33. The molecule has 3 rings (SSSR count). The first-order valence-corrected chi connectivity index (χ1v) is 11.4. The lowest BCUT2D eigenvalue weighted by Gasteiger charge is -2.39. The second kappa shape index (κ2) is 10.4. The minimum atomic E-state index is -0.00331. The van der Waals surface area contributed by atoms with Crippen LogP contribution < -0.4 is 5.32 Å². The summed E-state index contributed by atoms with van der Waals surface area (Å²) in [6.07, 6.45) is 5.03. The maximum absolute atomic E-state index is 12.7. The number of piperazine rings is 1. The van der Waals surface area contributed by atoms with Gasteiger partial charge < -0.3 is 15.1 Å². The molecule has 2 aliphatic heterocycles. The van der Waals surface area contributed by atoms with Gasteiger partial charge in [-0.25, -0.2) is 0 Å². The van der Waals surface area contributed by atoms with Crippen molar-refractivity contribution in [1.29, 1.82) is 0 Å². The van der Waals surface area contributed by atoms with Crippen LogP contribution in [0.15, 0.2) is 4.99 Å². The molecule has 1 aliphatic carbocycles. The molecule has 0 radical (unpaired) electrons. The SMILES string of the molecule is CCNC(=NCCN(CC)C1CC1)N1CCN(C(C)C(=O)N2CCCC2)CC1. The molecule has 0 aromatic rings. The van der Waals surface area contributed by atoms with Gasteiger partial charge in [-0.2, -0.15) is 0 Å². The Hall–Kier alpha value is -1.34. The number of nitrogens with one attached hydrogen (secondary N) is 1. The van der Waals surface area contributed by atoms with E-state index < -0.39 is 0 Å². The molecule has 7 nitrogen and oxygen atoms in total. The largest absolute Gasteiger partial charge is 0.357 e. The third-order valence-electron chi connectivity index (χ3n) is 6.39. The lowest BCUT2D eigenvalue weighted by Crippen LogP contribution is -2.57. The second-order valence-electron chi connectivity index (χ2n) is 8.33. The van der Waals surface area contributed by atoms with Crippen LogP contribution in [0.5, 0.6) is 0 Å². The quantitative estimate of drug-likeness (QED) is 0.495. The first-order chi connectivity index (χ1) is 13.6. The molecule has 1 unspecified atom stereocenters. The van der Waals surface area contributed by atoms with Gasteiger partial charge in [-0.15, -0.1) is 0 Å². The average molecular weight is 393 g/mol. The summed E-state index contributed by atoms with van der Waals surface area (Å²) in [5, 5.41) is 3.46. The van der Waals surface area contributed by atoms with Gasteiger partial charge in [-0.05, 0) is 46.1 Å². The van der Waals surface area contributed by atoms with E-state index in [1.807, 2.05) is 4.90 Å². The fourth-order valence-corrected chi connectivity index (χ4v) is 4.43. The van der Waals surface area contributed by atoms with Crippen molar-refractivity contribution in [2.75, 3.05) is 65.4 Å². The Kier molecular flexibility index (Phi) is 7.97. The van der Waals surface area contributed by atoms with Crippen LogP contribution in [0.1, 0.15) is 46.5 Å². The normalized spacial score (nSPS) is 22.8. The minimum absolute atomic E-state index is 0.00331. The van der Waals surface area contributed by atoms with Crippen molar-refractivity contribution in [2.45, 2.75) is 58.5 Å². The van der Waals surface area contributed by atoms with E-state index in [-0.39, 0.29) is 6.04 Å². The Morgan fingerprint density at radius 1 is 1.07 bits per heavy atom. The molecule has 2 heterocycles. The molecule has 0 spiro atoms. The van der Waals surface area contributed by atoms with E-state index in [0.717, 1.165) is 90.3 Å². The zero-order valence-corrected chi connectivity index (χ0v) is 18.2. The molecule has 0 aromatic heterocycles. The molecule has 2 saturated heterocycles. The zero-order chi connectivity index (χ0) is 19.9. The third-order valence-corrected chi connectivity index (χ3v) is 6.39. The average Bonchev–Trinajstić information content (AvgIpc) is 3.42. The maximum Gasteiger partial charge on any atom is 0.239 e. The molecule has 28 heavy (non-hydrogen) atoms. The third kappa shape index (κ3) is 5.60. The first kappa shape index (κ1) is 21.4. The Labute approximate surface area is 171 Å². The van der Waals surface area contributed by atoms with E-state index in [9.17, 15) is 4.79 Å². The molecule has 3 fully saturated rings. The van der Waals surface area contributed by atoms with Crippen molar-refractivity contribution in [2.24, 2.45) is 4.99 Å². The number of guanidine groups is 1. The molecular weight excluding hydrogens is 352 g/mol. The summed E-state index contributed by atoms with van der Waals surface area (Å²) in [5.74, 6) is 1.35. The lowest BCUT2D eigenvalue weighted by molar-refractivity contribution is -0.135. The van der Waals surface area contributed by atoms with Crippen molar-refractivity contribution in [3.8, 4) is 0 Å². The highest BCUT2D eigenvalue weighted by atomic mass is 16.2. The van der Waals surface area contributed by atoms with Crippen LogP contribution in [0, 0.1) is 0 Å². The Morgan fingerprint density at radius 3 is 2.32 bits per heavy atom. The predicted octanol–water partition coefficient (Wildman–Crippen LogP) is 1.06. The molecule has 1 N–H and O–H groups in total. The van der Waals surface area contributed by atoms with Gasteiger partial charge in [-0.1, -0.05) is 6.92 Å². The first-order valence-electron chi connectivity index (χ1n) is 11.4. The Bertz CT molecular complexity index is 521. The van der Waals surface area contributed by atoms with Crippen molar-refractivity contribution in [3.05, 3.63) is 0 Å². The number of likely N-dealkylation sites (N-methyl/N-ethyl adjacent to an activating group) is 1. The topological polar surface area (TPSA) is 54.4 Å². The summed E-state index contributed by atoms with van der Waals surface area (Å²) < 4.78 is 0. The highest BCUT2D eigenvalue weighted by Gasteiger charge is 2.31. The van der Waals surface area contributed by atoms with Gasteiger partial charge >= 0.3 is 0 Å². The van der Waals surface area contributed by atoms with Crippen LogP contribution in [0.2, 0.25) is 0 Å². The smallest absolute Gasteiger partial charge is 0.239 e. The van der Waals surface area contributed by atoms with Crippen molar-refractivity contribution in [1.82, 2.24) is 24.9 Å². The summed E-state index contributed by atoms with van der Waals surface area (Å²) in [7, 11) is 0. The summed E-state index contributed by atoms with van der Waals surface area (Å²) in [4.78, 5) is 26.9. The molecule has 1 amide bonds. The van der Waals surface area contributed by atoms with Gasteiger partial charge in [0.05, 0.1) is 12.6 Å². The van der Waals surface area contributed by atoms with Crippen molar-refractivity contribution < 1.29 is 4.79 Å². The van der Waals surface area contributed by atoms with E-state index in [0.29, 0.717) is 5.91 Å². The van der Waals surface area contributed by atoms with Gasteiger partial charge in [0.25, 0.3) is 0 Å². The predicted molar refractivity (Wildman–Crippen MR) is 115 cm³/mol. The Balaban J connectivity index is 1.47. The molecule has 1 saturated carbocycles. The fourth-order valence-electron chi connectivity index (χ4n) is 4.43. The molecule has 1 atom stereocenters. The number of nitrogens with zero attached hydrogens (tertiary/aromatic N) is 5. The number of aliphatic imine (C=N–C) groups is 1. The molecule has 0 aromatic carbocycles. The number of likely N-dealkylation sites (tertiary alicyclic amines) is 1. The van der Waals surface area contributed by atoms with Gasteiger partial charge in [-0.3, -0.25) is 19.6 Å². The number of rotatable bonds is 8. The molecule has 3 aliphatic rings. The summed E-state index contributed by atoms with van der Waals surface area (Å²) in [6, 6.07) is 0.803. The van der Waals surface area contributed by atoms with Gasteiger partial charge in [0.1, 0.15) is 0 Å². The van der Waals surface area contributed by atoms with Gasteiger partial charge in [0, 0.05) is 58.4 Å². The number of amides is 1. The number of hydrogen-bond donors (Lipinski definition) is 1. The van der Waals surface area contributed by atoms with Crippen LogP contribution in [0.4, 0.5) is 0 Å². The number of carbonyl (C=O) groups excluding carboxylic acids is 1. The molecule has 7 heteroatoms. The summed E-state index contributed by atoms with van der Waals surface area (Å²) in [6.45, 7) is 16.0. The molecule has 0 bridgehead atoms. The van der Waals surface area contributed by atoms with Crippen LogP contribution in [-0.4, -0.2) is 109 Å². The van der Waals surface area contributed by atoms with Gasteiger partial charge in [0.15, 0.2) is 5.96 Å². The summed E-state index contributed by atoms with van der Waals surface area (Å²) in [5.41, 5.74) is 0. The highest BCUT2D eigenvalue weighted by Crippen LogP contribution is 2.26. The van der Waals surface area contributed by atoms with E-state index in [2.05, 4.69) is 40.8 Å². The van der Waals surface area contributed by atoms with Crippen molar-refractivity contribution >= 4 is 11.9 Å². The standard InChI is InChI=1S/C21H40N6O/c1-4-22-21(23-10-13-24(5-2)19-8-9-19)27-16-14-25(15-17-27)18(3)20(28)26-11-6-7-12-26/h18-19H,4-17H2,1-3H3,(H,22,23). The fraction of sp³-hybridized carbons (Fsp3) is 0.905. The van der Waals surface area contributed by atoms with Gasteiger partial charge in [0.2, 0.25) is 5.91 Å². The lowest BCUT2D eigenvalue weighted by atomic mass is 10.2. The molecular formula is C21H40N6O. The maximum atomic E-state index is 12.7. The van der Waals surface area contributed by atoms with Crippen LogP contribution >= 0.6 is 0 Å². The Morgan fingerprint density at radius 2 is 1.75 bits per heavy atom. The van der Waals surface area contributed by atoms with Crippen molar-refractivity contribution in [3.63, 3.8) is 0 Å². The number of hydrogen-bond acceptors (Lipinski definition) is 4. The zero-order valence-electron chi connectivity index (χ0n) is 18.2. The summed E-state index contributed by atoms with van der Waals surface area (Å²) >= 11 is 0. The van der Waals surface area contributed by atoms with E-state index >= 15 is 0 Å². The van der Waals surface area contributed by atoms with E-state index in [1.165, 1.54) is 12.8 Å². The number of carbonyl (C=O) groups is 1. The van der Waals surface area contributed by atoms with Crippen LogP contribution in [0.25, 0.3) is 0 Å². The van der Waals surface area contributed by atoms with Crippen LogP contribution in [-0.2, 0) is 4.79 Å². The highest BCUT2D eigenvalue weighted by molar-refractivity contribution is 5.82. The van der Waals surface area contributed by atoms with E-state index in [4.69, 9.17) is 4.99 Å². The monoisotopic (exact) mass is 392 g/mol. The minimum Gasteiger partial charge on any atom is -0.357 e.